The van der Waals surface area contributed by atoms with Crippen molar-refractivity contribution in [1.29, 1.82) is 0 Å². The van der Waals surface area contributed by atoms with E-state index in [1.165, 1.54) is 0 Å². The summed E-state index contributed by atoms with van der Waals surface area (Å²) in [6.45, 7) is 7.53. The Morgan fingerprint density at radius 3 is 2.60 bits per heavy atom. The van der Waals surface area contributed by atoms with Crippen LogP contribution in [0, 0.1) is 10.1 Å². The van der Waals surface area contributed by atoms with Gasteiger partial charge in [0, 0.05) is 35.2 Å². The second-order valence-corrected chi connectivity index (χ2v) is 5.57. The van der Waals surface area contributed by atoms with Crippen molar-refractivity contribution in [2.24, 2.45) is 0 Å². The van der Waals surface area contributed by atoms with Gasteiger partial charge in [-0.1, -0.05) is 36.2 Å². The predicted octanol–water partition coefficient (Wildman–Crippen LogP) is 4.89. The molecule has 0 radical (unpaired) electrons. The van der Waals surface area contributed by atoms with E-state index in [9.17, 15) is 10.1 Å². The van der Waals surface area contributed by atoms with Crippen LogP contribution < -0.4 is 4.90 Å². The summed E-state index contributed by atoms with van der Waals surface area (Å²) in [4.78, 5) is 13.0. The summed E-state index contributed by atoms with van der Waals surface area (Å²) in [7, 11) is 0. The third-order valence-corrected chi connectivity index (χ3v) is 4.21. The molecule has 0 saturated heterocycles. The maximum Gasteiger partial charge on any atom is 0.273 e. The lowest BCUT2D eigenvalue weighted by Gasteiger charge is -2.31. The Labute approximate surface area is 129 Å². The third-order valence-electron chi connectivity index (χ3n) is 3.61. The average Bonchev–Trinajstić information content (AvgIpc) is 2.46. The van der Waals surface area contributed by atoms with Crippen molar-refractivity contribution >= 4 is 27.3 Å². The molecule has 0 spiro atoms. The molecule has 0 saturated carbocycles. The number of rotatable bonds is 8. The van der Waals surface area contributed by atoms with Gasteiger partial charge in [0.2, 0.25) is 0 Å². The fourth-order valence-electron chi connectivity index (χ4n) is 2.19. The number of hydrogen-bond donors (Lipinski definition) is 0. The highest BCUT2D eigenvalue weighted by Gasteiger charge is 2.18. The Bertz CT molecular complexity index is 451. The zero-order valence-corrected chi connectivity index (χ0v) is 14.0. The SMILES string of the molecule is CCCCN(c1ccc([N+](=O)[O-])c(CBr)c1)C(C)CC. The molecule has 0 aromatic heterocycles. The quantitative estimate of drug-likeness (QED) is 0.383. The molecule has 1 aromatic carbocycles. The van der Waals surface area contributed by atoms with Gasteiger partial charge in [-0.25, -0.2) is 0 Å². The summed E-state index contributed by atoms with van der Waals surface area (Å²) in [5.74, 6) is 0. The number of anilines is 1. The average molecular weight is 343 g/mol. The number of nitrogens with zero attached hydrogens (tertiary/aromatic N) is 2. The van der Waals surface area contributed by atoms with Crippen LogP contribution in [0.2, 0.25) is 0 Å². The van der Waals surface area contributed by atoms with E-state index >= 15 is 0 Å². The van der Waals surface area contributed by atoms with Gasteiger partial charge in [-0.2, -0.15) is 0 Å². The molecule has 1 unspecified atom stereocenters. The number of nitro groups is 1. The number of alkyl halides is 1. The number of benzene rings is 1. The minimum atomic E-state index is -0.319. The fraction of sp³-hybridized carbons (Fsp3) is 0.600. The molecule has 4 nitrogen and oxygen atoms in total. The van der Waals surface area contributed by atoms with Crippen molar-refractivity contribution in [2.75, 3.05) is 11.4 Å². The fourth-order valence-corrected chi connectivity index (χ4v) is 2.64. The summed E-state index contributed by atoms with van der Waals surface area (Å²) in [5, 5.41) is 11.5. The molecule has 0 aliphatic heterocycles. The second kappa shape index (κ2) is 8.25. The highest BCUT2D eigenvalue weighted by molar-refractivity contribution is 9.08. The highest BCUT2D eigenvalue weighted by atomic mass is 79.9. The van der Waals surface area contributed by atoms with Gasteiger partial charge < -0.3 is 4.90 Å². The first kappa shape index (κ1) is 17.0. The predicted molar refractivity (Wildman–Crippen MR) is 87.7 cm³/mol. The lowest BCUT2D eigenvalue weighted by atomic mass is 10.1. The lowest BCUT2D eigenvalue weighted by Crippen LogP contribution is -2.33. The first-order valence-electron chi connectivity index (χ1n) is 7.15. The molecule has 1 aromatic rings. The molecule has 1 rings (SSSR count). The topological polar surface area (TPSA) is 46.4 Å². The molecule has 0 heterocycles. The summed E-state index contributed by atoms with van der Waals surface area (Å²) >= 11 is 3.34. The van der Waals surface area contributed by atoms with Crippen LogP contribution in [0.25, 0.3) is 0 Å². The Morgan fingerprint density at radius 1 is 1.40 bits per heavy atom. The normalized spacial score (nSPS) is 12.2. The maximum absolute atomic E-state index is 11.0. The van der Waals surface area contributed by atoms with Gasteiger partial charge in [0.15, 0.2) is 0 Å². The molecule has 1 atom stereocenters. The van der Waals surface area contributed by atoms with E-state index < -0.39 is 0 Å². The van der Waals surface area contributed by atoms with E-state index in [2.05, 4.69) is 41.6 Å². The van der Waals surface area contributed by atoms with Gasteiger partial charge in [0.25, 0.3) is 5.69 Å². The van der Waals surface area contributed by atoms with Crippen LogP contribution in [0.1, 0.15) is 45.6 Å². The van der Waals surface area contributed by atoms with Gasteiger partial charge in [0.05, 0.1) is 4.92 Å². The van der Waals surface area contributed by atoms with Gasteiger partial charge in [-0.15, -0.1) is 0 Å². The number of hydrogen-bond acceptors (Lipinski definition) is 3. The van der Waals surface area contributed by atoms with Crippen molar-refractivity contribution in [1.82, 2.24) is 0 Å². The minimum Gasteiger partial charge on any atom is -0.369 e. The minimum absolute atomic E-state index is 0.185. The van der Waals surface area contributed by atoms with E-state index in [1.54, 1.807) is 6.07 Å². The Morgan fingerprint density at radius 2 is 2.10 bits per heavy atom. The van der Waals surface area contributed by atoms with E-state index in [4.69, 9.17) is 0 Å². The maximum atomic E-state index is 11.0. The number of nitro benzene ring substituents is 1. The Hall–Kier alpha value is -1.10. The van der Waals surface area contributed by atoms with Gasteiger partial charge >= 0.3 is 0 Å². The molecule has 0 N–H and O–H groups in total. The first-order chi connectivity index (χ1) is 9.54. The van der Waals surface area contributed by atoms with E-state index in [-0.39, 0.29) is 10.6 Å². The van der Waals surface area contributed by atoms with Crippen molar-refractivity contribution in [3.8, 4) is 0 Å². The van der Waals surface area contributed by atoms with Gasteiger partial charge in [0.1, 0.15) is 0 Å². The van der Waals surface area contributed by atoms with E-state index in [0.717, 1.165) is 37.1 Å². The monoisotopic (exact) mass is 342 g/mol. The highest BCUT2D eigenvalue weighted by Crippen LogP contribution is 2.28. The molecular weight excluding hydrogens is 320 g/mol. The van der Waals surface area contributed by atoms with Crippen molar-refractivity contribution in [3.63, 3.8) is 0 Å². The van der Waals surface area contributed by atoms with Crippen LogP contribution in [0.4, 0.5) is 11.4 Å². The van der Waals surface area contributed by atoms with Crippen LogP contribution in [-0.2, 0) is 5.33 Å². The smallest absolute Gasteiger partial charge is 0.273 e. The number of unbranched alkanes of at least 4 members (excludes halogenated alkanes) is 1. The summed E-state index contributed by atoms with van der Waals surface area (Å²) in [6, 6.07) is 5.86. The third kappa shape index (κ3) is 4.20. The van der Waals surface area contributed by atoms with Gasteiger partial charge in [-0.3, -0.25) is 10.1 Å². The zero-order valence-electron chi connectivity index (χ0n) is 12.4. The summed E-state index contributed by atoms with van der Waals surface area (Å²) in [5.41, 5.74) is 2.00. The molecule has 0 amide bonds. The molecule has 112 valence electrons. The van der Waals surface area contributed by atoms with Crippen LogP contribution in [0.3, 0.4) is 0 Å². The van der Waals surface area contributed by atoms with Crippen molar-refractivity contribution < 1.29 is 4.92 Å². The zero-order chi connectivity index (χ0) is 15.1. The van der Waals surface area contributed by atoms with Crippen LogP contribution in [-0.4, -0.2) is 17.5 Å². The van der Waals surface area contributed by atoms with Crippen LogP contribution >= 0.6 is 15.9 Å². The molecule has 20 heavy (non-hydrogen) atoms. The molecule has 5 heteroatoms. The Kier molecular flexibility index (Phi) is 6.99. The van der Waals surface area contributed by atoms with E-state index in [0.29, 0.717) is 11.4 Å². The van der Waals surface area contributed by atoms with E-state index in [1.807, 2.05) is 12.1 Å². The molecule has 0 aliphatic rings. The van der Waals surface area contributed by atoms with Crippen LogP contribution in [0.5, 0.6) is 0 Å². The largest absolute Gasteiger partial charge is 0.369 e. The Balaban J connectivity index is 3.10. The van der Waals surface area contributed by atoms with Crippen molar-refractivity contribution in [3.05, 3.63) is 33.9 Å². The standard InChI is InChI=1S/C15H23BrN2O2/c1-4-6-9-17(12(3)5-2)14-7-8-15(18(19)20)13(10-14)11-16/h7-8,10,12H,4-6,9,11H2,1-3H3. The molecule has 0 fully saturated rings. The number of halogens is 1. The second-order valence-electron chi connectivity index (χ2n) is 5.01. The van der Waals surface area contributed by atoms with Gasteiger partial charge in [-0.05, 0) is 31.9 Å². The lowest BCUT2D eigenvalue weighted by molar-refractivity contribution is -0.385. The molecule has 0 aliphatic carbocycles. The summed E-state index contributed by atoms with van der Waals surface area (Å²) < 4.78 is 0. The van der Waals surface area contributed by atoms with Crippen molar-refractivity contribution in [2.45, 2.75) is 51.4 Å². The van der Waals surface area contributed by atoms with Crippen LogP contribution in [0.15, 0.2) is 18.2 Å². The first-order valence-corrected chi connectivity index (χ1v) is 8.27. The molecule has 0 bridgehead atoms. The molecular formula is C15H23BrN2O2. The summed E-state index contributed by atoms with van der Waals surface area (Å²) in [6.07, 6.45) is 3.33.